The van der Waals surface area contributed by atoms with Crippen molar-refractivity contribution in [3.8, 4) is 0 Å². The van der Waals surface area contributed by atoms with Gasteiger partial charge >= 0.3 is 17.9 Å². The van der Waals surface area contributed by atoms with Crippen LogP contribution < -0.4 is 0 Å². The Morgan fingerprint density at radius 3 is 0.864 bits per heavy atom. The quantitative estimate of drug-likeness (QED) is 0.0522. The van der Waals surface area contributed by atoms with Gasteiger partial charge in [0.1, 0.15) is 5.41 Å². The average Bonchev–Trinajstić information content (AvgIpc) is 2.97. The molecule has 0 aromatic heterocycles. The third kappa shape index (κ3) is 19.0. The Balaban J connectivity index is 4.65. The standard InChI is InChI=1S/C37H70O7/c1-3-5-7-9-11-13-15-17-19-21-23-25-27-29-31-36(34(40)41,37(44,35(42)43)32-33(38)39)30-28-26-24-22-20-18-16-14-12-10-8-6-4-2/h44H,3-32H2,1-2H3,(H,38,39)(H,40,41)(H,42,43). The lowest BCUT2D eigenvalue weighted by molar-refractivity contribution is -0.196. The van der Waals surface area contributed by atoms with Gasteiger partial charge in [-0.2, -0.15) is 0 Å². The molecule has 7 nitrogen and oxygen atoms in total. The highest BCUT2D eigenvalue weighted by atomic mass is 16.4. The minimum atomic E-state index is -2.85. The molecule has 0 saturated carbocycles. The van der Waals surface area contributed by atoms with E-state index in [0.29, 0.717) is 12.8 Å². The SMILES string of the molecule is CCCCCCCCCCCCCCCCC(CCCCCCCCCCCCCCC)(C(=O)O)C(O)(CC(=O)O)C(=O)O. The molecule has 0 aromatic carbocycles. The minimum Gasteiger partial charge on any atom is -0.481 e. The second-order valence-electron chi connectivity index (χ2n) is 13.5. The number of hydrogen-bond acceptors (Lipinski definition) is 4. The number of hydrogen-bond donors (Lipinski definition) is 4. The molecule has 0 bridgehead atoms. The molecule has 0 heterocycles. The van der Waals surface area contributed by atoms with E-state index in [2.05, 4.69) is 13.8 Å². The molecule has 0 spiro atoms. The van der Waals surface area contributed by atoms with Crippen molar-refractivity contribution in [2.24, 2.45) is 5.41 Å². The average molecular weight is 627 g/mol. The van der Waals surface area contributed by atoms with Crippen molar-refractivity contribution in [1.29, 1.82) is 0 Å². The molecule has 7 heteroatoms. The van der Waals surface area contributed by atoms with Gasteiger partial charge in [0.05, 0.1) is 6.42 Å². The summed E-state index contributed by atoms with van der Waals surface area (Å²) in [7, 11) is 0. The Kier molecular flexibility index (Phi) is 26.6. The summed E-state index contributed by atoms with van der Waals surface area (Å²) < 4.78 is 0. The second kappa shape index (κ2) is 27.7. The summed E-state index contributed by atoms with van der Waals surface area (Å²) in [6, 6.07) is 0. The molecule has 0 aliphatic rings. The van der Waals surface area contributed by atoms with Crippen molar-refractivity contribution in [2.75, 3.05) is 0 Å². The summed E-state index contributed by atoms with van der Waals surface area (Å²) in [4.78, 5) is 36.4. The molecule has 0 aliphatic heterocycles. The van der Waals surface area contributed by atoms with Crippen LogP contribution in [0.5, 0.6) is 0 Å². The Labute approximate surface area is 270 Å². The Hall–Kier alpha value is -1.63. The van der Waals surface area contributed by atoms with Crippen LogP contribution in [-0.4, -0.2) is 43.9 Å². The van der Waals surface area contributed by atoms with Crippen molar-refractivity contribution in [3.05, 3.63) is 0 Å². The molecule has 0 saturated heterocycles. The highest BCUT2D eigenvalue weighted by molar-refractivity contribution is 5.92. The van der Waals surface area contributed by atoms with E-state index < -0.39 is 35.3 Å². The van der Waals surface area contributed by atoms with E-state index in [0.717, 1.165) is 51.4 Å². The van der Waals surface area contributed by atoms with Gasteiger partial charge in [-0.05, 0) is 12.8 Å². The lowest BCUT2D eigenvalue weighted by atomic mass is 9.64. The van der Waals surface area contributed by atoms with E-state index in [1.54, 1.807) is 0 Å². The van der Waals surface area contributed by atoms with E-state index in [9.17, 15) is 34.8 Å². The molecule has 2 unspecified atom stereocenters. The van der Waals surface area contributed by atoms with E-state index in [1.807, 2.05) is 0 Å². The van der Waals surface area contributed by atoms with Gasteiger partial charge in [0.2, 0.25) is 0 Å². The van der Waals surface area contributed by atoms with Crippen LogP contribution >= 0.6 is 0 Å². The van der Waals surface area contributed by atoms with Crippen molar-refractivity contribution in [1.82, 2.24) is 0 Å². The number of rotatable bonds is 34. The van der Waals surface area contributed by atoms with E-state index in [-0.39, 0.29) is 12.8 Å². The van der Waals surface area contributed by atoms with Gasteiger partial charge in [-0.1, -0.05) is 187 Å². The fourth-order valence-electron chi connectivity index (χ4n) is 6.66. The Bertz CT molecular complexity index is 725. The van der Waals surface area contributed by atoms with E-state index >= 15 is 0 Å². The van der Waals surface area contributed by atoms with Gasteiger partial charge in [-0.3, -0.25) is 9.59 Å². The number of aliphatic hydroxyl groups is 1. The Morgan fingerprint density at radius 2 is 0.659 bits per heavy atom. The van der Waals surface area contributed by atoms with Gasteiger partial charge in [0.25, 0.3) is 0 Å². The van der Waals surface area contributed by atoms with Crippen molar-refractivity contribution < 1.29 is 34.8 Å². The van der Waals surface area contributed by atoms with E-state index in [1.165, 1.54) is 109 Å². The molecule has 0 aromatic rings. The number of carboxylic acids is 3. The predicted octanol–water partition coefficient (Wildman–Crippen LogP) is 10.7. The first kappa shape index (κ1) is 42.4. The zero-order chi connectivity index (χ0) is 32.9. The summed E-state index contributed by atoms with van der Waals surface area (Å²) in [5.41, 5.74) is -4.87. The molecule has 260 valence electrons. The Morgan fingerprint density at radius 1 is 0.409 bits per heavy atom. The molecule has 0 aliphatic carbocycles. The first-order chi connectivity index (χ1) is 21.2. The second-order valence-corrected chi connectivity index (χ2v) is 13.5. The zero-order valence-electron chi connectivity index (χ0n) is 28.7. The first-order valence-electron chi connectivity index (χ1n) is 18.6. The fraction of sp³-hybridized carbons (Fsp3) is 0.919. The van der Waals surface area contributed by atoms with Gasteiger partial charge in [-0.25, -0.2) is 4.79 Å². The normalized spacial score (nSPS) is 14.2. The van der Waals surface area contributed by atoms with Crippen LogP contribution in [0.3, 0.4) is 0 Å². The maximum Gasteiger partial charge on any atom is 0.337 e. The van der Waals surface area contributed by atoms with Crippen molar-refractivity contribution in [3.63, 3.8) is 0 Å². The first-order valence-corrected chi connectivity index (χ1v) is 18.6. The molecule has 2 atom stereocenters. The van der Waals surface area contributed by atoms with Crippen LogP contribution in [0.25, 0.3) is 0 Å². The highest BCUT2D eigenvalue weighted by Gasteiger charge is 2.61. The third-order valence-corrected chi connectivity index (χ3v) is 9.63. The molecule has 4 N–H and O–H groups in total. The van der Waals surface area contributed by atoms with Crippen LogP contribution in [0, 0.1) is 5.41 Å². The fourth-order valence-corrected chi connectivity index (χ4v) is 6.66. The smallest absolute Gasteiger partial charge is 0.337 e. The maximum atomic E-state index is 12.7. The monoisotopic (exact) mass is 627 g/mol. The number of unbranched alkanes of at least 4 members (excludes halogenated alkanes) is 25. The zero-order valence-corrected chi connectivity index (χ0v) is 28.7. The van der Waals surface area contributed by atoms with Gasteiger partial charge in [-0.15, -0.1) is 0 Å². The molecule has 0 rings (SSSR count). The number of carboxylic acid groups (broad SMARTS) is 3. The summed E-state index contributed by atoms with van der Waals surface area (Å²) in [6.45, 7) is 4.46. The van der Waals surface area contributed by atoms with Crippen LogP contribution in [0.15, 0.2) is 0 Å². The van der Waals surface area contributed by atoms with Gasteiger partial charge in [0, 0.05) is 0 Å². The van der Waals surface area contributed by atoms with Gasteiger partial charge < -0.3 is 20.4 Å². The van der Waals surface area contributed by atoms with Crippen molar-refractivity contribution in [2.45, 2.75) is 212 Å². The van der Waals surface area contributed by atoms with Crippen LogP contribution in [0.2, 0.25) is 0 Å². The number of aliphatic carboxylic acids is 3. The summed E-state index contributed by atoms with van der Waals surface area (Å²) >= 11 is 0. The van der Waals surface area contributed by atoms with Crippen LogP contribution in [-0.2, 0) is 14.4 Å². The topological polar surface area (TPSA) is 132 Å². The summed E-state index contributed by atoms with van der Waals surface area (Å²) in [6.07, 6.45) is 29.4. The van der Waals surface area contributed by atoms with Crippen molar-refractivity contribution >= 4 is 17.9 Å². The lowest BCUT2D eigenvalue weighted by Crippen LogP contribution is -2.59. The largest absolute Gasteiger partial charge is 0.481 e. The highest BCUT2D eigenvalue weighted by Crippen LogP contribution is 2.45. The molecular formula is C37H70O7. The lowest BCUT2D eigenvalue weighted by Gasteiger charge is -2.41. The predicted molar refractivity (Wildman–Crippen MR) is 180 cm³/mol. The van der Waals surface area contributed by atoms with Crippen LogP contribution in [0.4, 0.5) is 0 Å². The van der Waals surface area contributed by atoms with Gasteiger partial charge in [0.15, 0.2) is 5.60 Å². The maximum absolute atomic E-state index is 12.7. The minimum absolute atomic E-state index is 0.0330. The number of carbonyl (C=O) groups is 3. The van der Waals surface area contributed by atoms with E-state index in [4.69, 9.17) is 0 Å². The molecule has 0 fully saturated rings. The molecular weight excluding hydrogens is 556 g/mol. The summed E-state index contributed by atoms with van der Waals surface area (Å²) in [5, 5.41) is 40.8. The van der Waals surface area contributed by atoms with Crippen LogP contribution in [0.1, 0.15) is 206 Å². The third-order valence-electron chi connectivity index (χ3n) is 9.63. The molecule has 44 heavy (non-hydrogen) atoms. The molecule has 0 amide bonds. The summed E-state index contributed by atoms with van der Waals surface area (Å²) in [5.74, 6) is -4.67. The molecule has 0 radical (unpaired) electrons.